The van der Waals surface area contributed by atoms with Crippen LogP contribution in [-0.4, -0.2) is 4.98 Å². The van der Waals surface area contributed by atoms with Gasteiger partial charge in [0.15, 0.2) is 0 Å². The van der Waals surface area contributed by atoms with Crippen LogP contribution in [0.1, 0.15) is 25.1 Å². The fourth-order valence-electron chi connectivity index (χ4n) is 1.54. The van der Waals surface area contributed by atoms with Gasteiger partial charge in [-0.2, -0.15) is 0 Å². The third kappa shape index (κ3) is 3.09. The van der Waals surface area contributed by atoms with E-state index in [9.17, 15) is 4.39 Å². The third-order valence-electron chi connectivity index (χ3n) is 2.64. The second kappa shape index (κ2) is 5.98. The van der Waals surface area contributed by atoms with Gasteiger partial charge in [-0.05, 0) is 30.7 Å². The Bertz CT molecular complexity index is 513. The highest BCUT2D eigenvalue weighted by molar-refractivity contribution is 7.99. The maximum Gasteiger partial charge on any atom is 0.137 e. The lowest BCUT2D eigenvalue weighted by atomic mass is 10.1. The Balaban J connectivity index is 2.14. The molecule has 0 fully saturated rings. The van der Waals surface area contributed by atoms with Gasteiger partial charge in [-0.1, -0.05) is 30.8 Å². The van der Waals surface area contributed by atoms with Crippen LogP contribution in [-0.2, 0) is 0 Å². The largest absolute Gasteiger partial charge is 0.323 e. The van der Waals surface area contributed by atoms with Crippen molar-refractivity contribution < 1.29 is 4.39 Å². The molecule has 2 N–H and O–H groups in total. The molecule has 2 aromatic rings. The smallest absolute Gasteiger partial charge is 0.137 e. The molecule has 2 nitrogen and oxygen atoms in total. The molecule has 0 aliphatic carbocycles. The lowest BCUT2D eigenvalue weighted by molar-refractivity contribution is 0.602. The first kappa shape index (κ1) is 13.1. The maximum atomic E-state index is 13.5. The van der Waals surface area contributed by atoms with Gasteiger partial charge in [0, 0.05) is 22.0 Å². The zero-order valence-corrected chi connectivity index (χ0v) is 11.0. The van der Waals surface area contributed by atoms with Crippen LogP contribution in [0.3, 0.4) is 0 Å². The van der Waals surface area contributed by atoms with Crippen LogP contribution in [0.4, 0.5) is 4.39 Å². The van der Waals surface area contributed by atoms with Crippen LogP contribution >= 0.6 is 11.8 Å². The van der Waals surface area contributed by atoms with Gasteiger partial charge in [-0.3, -0.25) is 4.98 Å². The molecule has 0 aliphatic rings. The Kier molecular flexibility index (Phi) is 4.33. The average molecular weight is 262 g/mol. The van der Waals surface area contributed by atoms with Crippen molar-refractivity contribution in [3.05, 3.63) is 54.1 Å². The molecule has 1 aromatic carbocycles. The number of benzene rings is 1. The van der Waals surface area contributed by atoms with Crippen molar-refractivity contribution in [3.8, 4) is 0 Å². The first-order chi connectivity index (χ1) is 8.70. The van der Waals surface area contributed by atoms with E-state index >= 15 is 0 Å². The summed E-state index contributed by atoms with van der Waals surface area (Å²) < 4.78 is 13.5. The van der Waals surface area contributed by atoms with Crippen LogP contribution in [0.2, 0.25) is 0 Å². The minimum Gasteiger partial charge on any atom is -0.323 e. The summed E-state index contributed by atoms with van der Waals surface area (Å²) in [6.07, 6.45) is 2.59. The van der Waals surface area contributed by atoms with Gasteiger partial charge in [-0.15, -0.1) is 0 Å². The van der Waals surface area contributed by atoms with E-state index in [2.05, 4.69) is 4.98 Å². The van der Waals surface area contributed by atoms with Crippen molar-refractivity contribution in [1.82, 2.24) is 4.98 Å². The molecule has 0 bridgehead atoms. The van der Waals surface area contributed by atoms with Gasteiger partial charge < -0.3 is 5.73 Å². The average Bonchev–Trinajstić information content (AvgIpc) is 2.41. The molecule has 1 aromatic heterocycles. The Morgan fingerprint density at radius 2 is 2.06 bits per heavy atom. The summed E-state index contributed by atoms with van der Waals surface area (Å²) >= 11 is 1.36. The number of pyridine rings is 1. The van der Waals surface area contributed by atoms with Crippen LogP contribution < -0.4 is 5.73 Å². The van der Waals surface area contributed by atoms with Gasteiger partial charge in [-0.25, -0.2) is 4.39 Å². The molecule has 94 valence electrons. The summed E-state index contributed by atoms with van der Waals surface area (Å²) in [4.78, 5) is 5.82. The fraction of sp³-hybridized carbons (Fsp3) is 0.214. The fourth-order valence-corrected chi connectivity index (χ4v) is 2.34. The number of halogens is 1. The minimum atomic E-state index is -0.211. The summed E-state index contributed by atoms with van der Waals surface area (Å²) in [7, 11) is 0. The van der Waals surface area contributed by atoms with Gasteiger partial charge in [0.2, 0.25) is 0 Å². The van der Waals surface area contributed by atoms with Gasteiger partial charge in [0.1, 0.15) is 5.82 Å². The number of hydrogen-bond donors (Lipinski definition) is 1. The molecule has 1 heterocycles. The van der Waals surface area contributed by atoms with Crippen molar-refractivity contribution in [3.63, 3.8) is 0 Å². The molecular weight excluding hydrogens is 247 g/mol. The summed E-state index contributed by atoms with van der Waals surface area (Å²) in [6, 6.07) is 10.5. The molecule has 2 rings (SSSR count). The lowest BCUT2D eigenvalue weighted by Crippen LogP contribution is -2.10. The highest BCUT2D eigenvalue weighted by Crippen LogP contribution is 2.29. The molecule has 0 saturated carbocycles. The van der Waals surface area contributed by atoms with Crippen molar-refractivity contribution in [2.75, 3.05) is 0 Å². The number of nitrogens with zero attached hydrogens (tertiary/aromatic N) is 1. The summed E-state index contributed by atoms with van der Waals surface area (Å²) in [5.41, 5.74) is 6.76. The molecule has 0 saturated heterocycles. The van der Waals surface area contributed by atoms with Crippen molar-refractivity contribution in [1.29, 1.82) is 0 Å². The van der Waals surface area contributed by atoms with Crippen molar-refractivity contribution >= 4 is 11.8 Å². The predicted molar refractivity (Wildman–Crippen MR) is 72.0 cm³/mol. The first-order valence-corrected chi connectivity index (χ1v) is 6.66. The SMILES string of the molecule is CC[C@@H](N)c1ccc(Sc2ccccc2F)cn1. The van der Waals surface area contributed by atoms with E-state index in [0.29, 0.717) is 4.90 Å². The Labute approximate surface area is 110 Å². The highest BCUT2D eigenvalue weighted by atomic mass is 32.2. The van der Waals surface area contributed by atoms with Crippen molar-refractivity contribution in [2.45, 2.75) is 29.2 Å². The molecule has 0 unspecified atom stereocenters. The Morgan fingerprint density at radius 1 is 1.28 bits per heavy atom. The topological polar surface area (TPSA) is 38.9 Å². The predicted octanol–water partition coefficient (Wildman–Crippen LogP) is 3.78. The van der Waals surface area contributed by atoms with E-state index in [0.717, 1.165) is 17.0 Å². The molecule has 0 amide bonds. The first-order valence-electron chi connectivity index (χ1n) is 5.84. The van der Waals surface area contributed by atoms with Crippen LogP contribution in [0.25, 0.3) is 0 Å². The van der Waals surface area contributed by atoms with E-state index in [1.807, 2.05) is 25.1 Å². The van der Waals surface area contributed by atoms with Crippen LogP contribution in [0.15, 0.2) is 52.4 Å². The molecule has 0 spiro atoms. The lowest BCUT2D eigenvalue weighted by Gasteiger charge is -2.08. The zero-order chi connectivity index (χ0) is 13.0. The second-order valence-corrected chi connectivity index (χ2v) is 5.08. The maximum absolute atomic E-state index is 13.5. The number of aromatic nitrogens is 1. The quantitative estimate of drug-likeness (QED) is 0.911. The number of hydrogen-bond acceptors (Lipinski definition) is 3. The standard InChI is InChI=1S/C14H15FN2S/c1-2-12(16)13-8-7-10(9-17-13)18-14-6-4-3-5-11(14)15/h3-9,12H,2,16H2,1H3/t12-/m1/s1. The second-order valence-electron chi connectivity index (χ2n) is 3.97. The van der Waals surface area contributed by atoms with Gasteiger partial charge >= 0.3 is 0 Å². The van der Waals surface area contributed by atoms with Gasteiger partial charge in [0.05, 0.1) is 5.69 Å². The summed E-state index contributed by atoms with van der Waals surface area (Å²) in [5, 5.41) is 0. The molecule has 0 radical (unpaired) electrons. The molecular formula is C14H15FN2S. The highest BCUT2D eigenvalue weighted by Gasteiger charge is 2.06. The van der Waals surface area contributed by atoms with Crippen LogP contribution in [0, 0.1) is 5.82 Å². The molecule has 4 heteroatoms. The zero-order valence-electron chi connectivity index (χ0n) is 10.1. The van der Waals surface area contributed by atoms with E-state index in [1.54, 1.807) is 18.3 Å². The molecule has 18 heavy (non-hydrogen) atoms. The van der Waals surface area contributed by atoms with Crippen molar-refractivity contribution in [2.24, 2.45) is 5.73 Å². The van der Waals surface area contributed by atoms with E-state index < -0.39 is 0 Å². The summed E-state index contributed by atoms with van der Waals surface area (Å²) in [6.45, 7) is 2.02. The Hall–Kier alpha value is -1.39. The molecule has 0 aliphatic heterocycles. The number of rotatable bonds is 4. The molecule has 1 atom stereocenters. The van der Waals surface area contributed by atoms with E-state index in [-0.39, 0.29) is 11.9 Å². The van der Waals surface area contributed by atoms with Crippen LogP contribution in [0.5, 0.6) is 0 Å². The van der Waals surface area contributed by atoms with Gasteiger partial charge in [0.25, 0.3) is 0 Å². The minimum absolute atomic E-state index is 0.0301. The number of nitrogens with two attached hydrogens (primary N) is 1. The van der Waals surface area contributed by atoms with E-state index in [1.165, 1.54) is 17.8 Å². The normalized spacial score (nSPS) is 12.4. The van der Waals surface area contributed by atoms with E-state index in [4.69, 9.17) is 5.73 Å². The monoisotopic (exact) mass is 262 g/mol. The summed E-state index contributed by atoms with van der Waals surface area (Å²) in [5.74, 6) is -0.211. The Morgan fingerprint density at radius 3 is 2.67 bits per heavy atom. The third-order valence-corrected chi connectivity index (χ3v) is 3.67.